The fourth-order valence-electron chi connectivity index (χ4n) is 3.86. The van der Waals surface area contributed by atoms with Crippen molar-refractivity contribution in [3.63, 3.8) is 0 Å². The molecule has 3 nitrogen and oxygen atoms in total. The predicted octanol–water partition coefficient (Wildman–Crippen LogP) is 2.76. The Hall–Kier alpha value is -0.0900. The van der Waals surface area contributed by atoms with E-state index in [1.54, 1.807) is 0 Å². The van der Waals surface area contributed by atoms with Crippen LogP contribution in [0.25, 0.3) is 0 Å². The molecular formula is C15H29NO2S. The Labute approximate surface area is 118 Å². The minimum atomic E-state index is -2.87. The third-order valence-electron chi connectivity index (χ3n) is 5.04. The van der Waals surface area contributed by atoms with E-state index in [9.17, 15) is 8.42 Å². The molecule has 0 aromatic rings. The Kier molecular flexibility index (Phi) is 5.29. The van der Waals surface area contributed by atoms with Crippen LogP contribution in [0.2, 0.25) is 0 Å². The molecule has 0 radical (unpaired) electrons. The van der Waals surface area contributed by atoms with Gasteiger partial charge in [-0.15, -0.1) is 0 Å². The number of nitrogens with one attached hydrogen (secondary N) is 1. The summed E-state index contributed by atoms with van der Waals surface area (Å²) in [4.78, 5) is 0. The van der Waals surface area contributed by atoms with Crippen molar-refractivity contribution in [2.75, 3.05) is 12.3 Å². The van der Waals surface area contributed by atoms with Crippen LogP contribution < -0.4 is 5.32 Å². The summed E-state index contributed by atoms with van der Waals surface area (Å²) in [6, 6.07) is 0.197. The standard InChI is InChI=1S/C15H29NO2S/c1-3-16-15(13-9-7-12(2)8-10-13)14-6-4-5-11-19(14,17)18/h12-16H,3-11H2,1-2H3. The van der Waals surface area contributed by atoms with Crippen molar-refractivity contribution in [3.8, 4) is 0 Å². The molecule has 1 saturated heterocycles. The van der Waals surface area contributed by atoms with Gasteiger partial charge in [0, 0.05) is 6.04 Å². The van der Waals surface area contributed by atoms with E-state index < -0.39 is 9.84 Å². The van der Waals surface area contributed by atoms with Crippen LogP contribution in [-0.2, 0) is 9.84 Å². The van der Waals surface area contributed by atoms with E-state index in [0.29, 0.717) is 11.7 Å². The van der Waals surface area contributed by atoms with E-state index >= 15 is 0 Å². The van der Waals surface area contributed by atoms with E-state index in [0.717, 1.165) is 31.7 Å². The topological polar surface area (TPSA) is 46.2 Å². The molecule has 4 heteroatoms. The van der Waals surface area contributed by atoms with Gasteiger partial charge in [-0.1, -0.05) is 33.1 Å². The van der Waals surface area contributed by atoms with Crippen LogP contribution in [0.3, 0.4) is 0 Å². The maximum atomic E-state index is 12.4. The quantitative estimate of drug-likeness (QED) is 0.865. The SMILES string of the molecule is CCNC(C1CCC(C)CC1)C1CCCCS1(=O)=O. The van der Waals surface area contributed by atoms with E-state index in [1.807, 2.05) is 0 Å². The first-order valence-electron chi connectivity index (χ1n) is 7.99. The van der Waals surface area contributed by atoms with Gasteiger partial charge >= 0.3 is 0 Å². The highest BCUT2D eigenvalue weighted by Crippen LogP contribution is 2.35. The first kappa shape index (κ1) is 15.3. The lowest BCUT2D eigenvalue weighted by Crippen LogP contribution is -2.51. The summed E-state index contributed by atoms with van der Waals surface area (Å²) in [6.07, 6.45) is 7.73. The van der Waals surface area contributed by atoms with Crippen molar-refractivity contribution in [2.24, 2.45) is 11.8 Å². The van der Waals surface area contributed by atoms with Crippen LogP contribution >= 0.6 is 0 Å². The van der Waals surface area contributed by atoms with Crippen LogP contribution in [-0.4, -0.2) is 32.0 Å². The predicted molar refractivity (Wildman–Crippen MR) is 80.0 cm³/mol. The lowest BCUT2D eigenvalue weighted by atomic mass is 9.77. The summed E-state index contributed by atoms with van der Waals surface area (Å²) in [7, 11) is -2.87. The van der Waals surface area contributed by atoms with E-state index in [1.165, 1.54) is 25.7 Å². The molecule has 2 unspecified atom stereocenters. The van der Waals surface area contributed by atoms with Crippen molar-refractivity contribution < 1.29 is 8.42 Å². The van der Waals surface area contributed by atoms with Gasteiger partial charge in [0.15, 0.2) is 9.84 Å². The molecule has 0 aromatic heterocycles. The minimum Gasteiger partial charge on any atom is -0.313 e. The molecule has 0 spiro atoms. The van der Waals surface area contributed by atoms with E-state index in [2.05, 4.69) is 19.2 Å². The zero-order valence-corrected chi connectivity index (χ0v) is 13.2. The normalized spacial score (nSPS) is 36.8. The Morgan fingerprint density at radius 3 is 2.37 bits per heavy atom. The molecule has 0 amide bonds. The van der Waals surface area contributed by atoms with Gasteiger partial charge in [0.05, 0.1) is 11.0 Å². The maximum Gasteiger partial charge on any atom is 0.154 e. The molecule has 1 saturated carbocycles. The second-order valence-corrected chi connectivity index (χ2v) is 8.84. The molecule has 19 heavy (non-hydrogen) atoms. The Bertz CT molecular complexity index is 372. The summed E-state index contributed by atoms with van der Waals surface area (Å²) in [5, 5.41) is 3.39. The van der Waals surface area contributed by atoms with E-state index in [-0.39, 0.29) is 11.3 Å². The zero-order valence-electron chi connectivity index (χ0n) is 12.4. The van der Waals surface area contributed by atoms with Gasteiger partial charge in [-0.25, -0.2) is 8.42 Å². The second kappa shape index (κ2) is 6.57. The molecule has 2 atom stereocenters. The molecule has 0 bridgehead atoms. The number of rotatable bonds is 4. The molecule has 2 rings (SSSR count). The molecule has 2 fully saturated rings. The minimum absolute atomic E-state index is 0.125. The lowest BCUT2D eigenvalue weighted by molar-refractivity contribution is 0.221. The Balaban J connectivity index is 2.10. The average molecular weight is 287 g/mol. The third kappa shape index (κ3) is 3.72. The van der Waals surface area contributed by atoms with Gasteiger partial charge in [0.25, 0.3) is 0 Å². The summed E-state index contributed by atoms with van der Waals surface area (Å²) >= 11 is 0. The van der Waals surface area contributed by atoms with Crippen LogP contribution in [0.15, 0.2) is 0 Å². The van der Waals surface area contributed by atoms with Gasteiger partial charge < -0.3 is 5.32 Å². The molecule has 2 aliphatic rings. The van der Waals surface area contributed by atoms with Crippen molar-refractivity contribution in [1.82, 2.24) is 5.32 Å². The summed E-state index contributed by atoms with van der Waals surface area (Å²) in [5.41, 5.74) is 0. The van der Waals surface area contributed by atoms with Crippen LogP contribution in [0, 0.1) is 11.8 Å². The summed E-state index contributed by atoms with van der Waals surface area (Å²) < 4.78 is 24.7. The molecular weight excluding hydrogens is 258 g/mol. The highest BCUT2D eigenvalue weighted by Gasteiger charge is 2.39. The van der Waals surface area contributed by atoms with Crippen LogP contribution in [0.4, 0.5) is 0 Å². The molecule has 1 N–H and O–H groups in total. The number of sulfone groups is 1. The maximum absolute atomic E-state index is 12.4. The van der Waals surface area contributed by atoms with Crippen molar-refractivity contribution in [2.45, 2.75) is 70.1 Å². The Morgan fingerprint density at radius 1 is 1.11 bits per heavy atom. The zero-order chi connectivity index (χ0) is 13.9. The second-order valence-electron chi connectivity index (χ2n) is 6.50. The van der Waals surface area contributed by atoms with Gasteiger partial charge in [-0.05, 0) is 44.1 Å². The van der Waals surface area contributed by atoms with Gasteiger partial charge in [0.1, 0.15) is 0 Å². The molecule has 112 valence electrons. The smallest absolute Gasteiger partial charge is 0.154 e. The highest BCUT2D eigenvalue weighted by molar-refractivity contribution is 7.92. The third-order valence-corrected chi connectivity index (χ3v) is 7.35. The number of hydrogen-bond donors (Lipinski definition) is 1. The fourth-order valence-corrected chi connectivity index (χ4v) is 6.07. The first-order valence-corrected chi connectivity index (χ1v) is 9.71. The van der Waals surface area contributed by atoms with Crippen LogP contribution in [0.1, 0.15) is 58.8 Å². The molecule has 1 aliphatic heterocycles. The fraction of sp³-hybridized carbons (Fsp3) is 1.00. The van der Waals surface area contributed by atoms with Crippen LogP contribution in [0.5, 0.6) is 0 Å². The van der Waals surface area contributed by atoms with Gasteiger partial charge in [-0.2, -0.15) is 0 Å². The van der Waals surface area contributed by atoms with Gasteiger partial charge in [-0.3, -0.25) is 0 Å². The molecule has 0 aromatic carbocycles. The summed E-state index contributed by atoms with van der Waals surface area (Å²) in [6.45, 7) is 5.28. The van der Waals surface area contributed by atoms with Crippen molar-refractivity contribution in [1.29, 1.82) is 0 Å². The Morgan fingerprint density at radius 2 is 1.79 bits per heavy atom. The molecule has 1 heterocycles. The summed E-state index contributed by atoms with van der Waals surface area (Å²) in [5.74, 6) is 1.79. The van der Waals surface area contributed by atoms with Crippen molar-refractivity contribution in [3.05, 3.63) is 0 Å². The largest absolute Gasteiger partial charge is 0.313 e. The van der Waals surface area contributed by atoms with Gasteiger partial charge in [0.2, 0.25) is 0 Å². The average Bonchev–Trinajstić information content (AvgIpc) is 2.37. The molecule has 1 aliphatic carbocycles. The lowest BCUT2D eigenvalue weighted by Gasteiger charge is -2.39. The highest BCUT2D eigenvalue weighted by atomic mass is 32.2. The number of hydrogen-bond acceptors (Lipinski definition) is 3. The first-order chi connectivity index (χ1) is 9.04. The van der Waals surface area contributed by atoms with E-state index in [4.69, 9.17) is 0 Å². The monoisotopic (exact) mass is 287 g/mol. The van der Waals surface area contributed by atoms with Crippen molar-refractivity contribution >= 4 is 9.84 Å².